The highest BCUT2D eigenvalue weighted by atomic mass is 32.1. The zero-order valence-electron chi connectivity index (χ0n) is 11.3. The van der Waals surface area contributed by atoms with Gasteiger partial charge in [0.05, 0.1) is 17.7 Å². The van der Waals surface area contributed by atoms with E-state index in [0.717, 1.165) is 0 Å². The lowest BCUT2D eigenvalue weighted by atomic mass is 10.0. The minimum Gasteiger partial charge on any atom is -0.386 e. The van der Waals surface area contributed by atoms with Crippen molar-refractivity contribution in [3.63, 3.8) is 0 Å². The van der Waals surface area contributed by atoms with Crippen LogP contribution in [0.2, 0.25) is 0 Å². The molecule has 110 valence electrons. The van der Waals surface area contributed by atoms with Crippen LogP contribution in [-0.2, 0) is 0 Å². The summed E-state index contributed by atoms with van der Waals surface area (Å²) in [6.45, 7) is 1.67. The Kier molecular flexibility index (Phi) is 4.82. The smallest absolute Gasteiger partial charge is 0.254 e. The van der Waals surface area contributed by atoms with E-state index in [2.05, 4.69) is 10.3 Å². The number of aromatic amines is 1. The van der Waals surface area contributed by atoms with Crippen molar-refractivity contribution in [2.75, 3.05) is 0 Å². The standard InChI is InChI=1S/C15H15FN2O2S/c1-9(13(19)10-4-6-11(16)7-5-10)18-14(20)12-3-2-8-17-15(12)21/h2-9,13,19H,1H3,(H,17,21)(H,18,20)/t9-,13+/m0/s1. The number of carbonyl (C=O) groups is 1. The normalized spacial score (nSPS) is 13.5. The highest BCUT2D eigenvalue weighted by molar-refractivity contribution is 7.71. The van der Waals surface area contributed by atoms with Gasteiger partial charge in [0, 0.05) is 6.20 Å². The molecule has 0 bridgehead atoms. The lowest BCUT2D eigenvalue weighted by Crippen LogP contribution is -2.37. The fourth-order valence-electron chi connectivity index (χ4n) is 1.91. The van der Waals surface area contributed by atoms with Crippen LogP contribution in [0.4, 0.5) is 4.39 Å². The molecule has 1 heterocycles. The largest absolute Gasteiger partial charge is 0.386 e. The molecule has 0 radical (unpaired) electrons. The summed E-state index contributed by atoms with van der Waals surface area (Å²) in [5.41, 5.74) is 0.869. The van der Waals surface area contributed by atoms with Crippen LogP contribution < -0.4 is 5.32 Å². The minimum atomic E-state index is -0.934. The number of halogens is 1. The molecule has 0 saturated heterocycles. The van der Waals surface area contributed by atoms with Gasteiger partial charge in [0.15, 0.2) is 0 Å². The molecule has 6 heteroatoms. The number of nitrogens with one attached hydrogen (secondary N) is 2. The Morgan fingerprint density at radius 2 is 2.00 bits per heavy atom. The molecule has 1 aromatic heterocycles. The summed E-state index contributed by atoms with van der Waals surface area (Å²) in [5.74, 6) is -0.747. The Morgan fingerprint density at radius 1 is 1.33 bits per heavy atom. The number of benzene rings is 1. The van der Waals surface area contributed by atoms with Crippen molar-refractivity contribution in [2.45, 2.75) is 19.1 Å². The number of aliphatic hydroxyl groups excluding tert-OH is 1. The van der Waals surface area contributed by atoms with E-state index in [-0.39, 0.29) is 11.7 Å². The summed E-state index contributed by atoms with van der Waals surface area (Å²) in [6, 6.07) is 8.23. The fraction of sp³-hybridized carbons (Fsp3) is 0.200. The van der Waals surface area contributed by atoms with Crippen molar-refractivity contribution in [3.05, 3.63) is 64.2 Å². The molecule has 0 aliphatic heterocycles. The van der Waals surface area contributed by atoms with E-state index >= 15 is 0 Å². The number of pyridine rings is 1. The summed E-state index contributed by atoms with van der Waals surface area (Å²) in [4.78, 5) is 14.9. The first-order chi connectivity index (χ1) is 9.99. The molecule has 4 nitrogen and oxygen atoms in total. The number of hydrogen-bond donors (Lipinski definition) is 3. The van der Waals surface area contributed by atoms with Gasteiger partial charge >= 0.3 is 0 Å². The van der Waals surface area contributed by atoms with Gasteiger partial charge in [-0.3, -0.25) is 4.79 Å². The molecule has 0 aliphatic rings. The van der Waals surface area contributed by atoms with Crippen LogP contribution in [-0.4, -0.2) is 22.0 Å². The van der Waals surface area contributed by atoms with Gasteiger partial charge in [0.25, 0.3) is 5.91 Å². The number of hydrogen-bond acceptors (Lipinski definition) is 3. The predicted octanol–water partition coefficient (Wildman–Crippen LogP) is 2.74. The average Bonchev–Trinajstić information content (AvgIpc) is 2.47. The van der Waals surface area contributed by atoms with Crippen LogP contribution >= 0.6 is 12.2 Å². The molecule has 2 aromatic rings. The molecular weight excluding hydrogens is 291 g/mol. The van der Waals surface area contributed by atoms with Crippen molar-refractivity contribution in [1.29, 1.82) is 0 Å². The predicted molar refractivity (Wildman–Crippen MR) is 79.9 cm³/mol. The second kappa shape index (κ2) is 6.60. The zero-order valence-corrected chi connectivity index (χ0v) is 12.2. The first kappa shape index (κ1) is 15.3. The second-order valence-corrected chi connectivity index (χ2v) is 5.08. The monoisotopic (exact) mass is 306 g/mol. The number of aliphatic hydroxyl groups is 1. The summed E-state index contributed by atoms with van der Waals surface area (Å²) in [5, 5.41) is 12.9. The first-order valence-corrected chi connectivity index (χ1v) is 6.82. The Hall–Kier alpha value is -2.05. The Bertz CT molecular complexity index is 685. The topological polar surface area (TPSA) is 65.1 Å². The number of H-pyrrole nitrogens is 1. The molecule has 2 atom stereocenters. The first-order valence-electron chi connectivity index (χ1n) is 6.41. The lowest BCUT2D eigenvalue weighted by molar-refractivity contribution is 0.0851. The van der Waals surface area contributed by atoms with Crippen molar-refractivity contribution in [1.82, 2.24) is 10.3 Å². The molecule has 0 fully saturated rings. The third-order valence-corrected chi connectivity index (χ3v) is 3.44. The van der Waals surface area contributed by atoms with Crippen LogP contribution in [0.3, 0.4) is 0 Å². The van der Waals surface area contributed by atoms with E-state index in [1.807, 2.05) is 0 Å². The SMILES string of the molecule is C[C@H](NC(=O)c1ccc[nH]c1=S)[C@@H](O)c1ccc(F)cc1. The minimum absolute atomic E-state index is 0.332. The van der Waals surface area contributed by atoms with E-state index in [4.69, 9.17) is 12.2 Å². The van der Waals surface area contributed by atoms with E-state index in [0.29, 0.717) is 15.8 Å². The lowest BCUT2D eigenvalue weighted by Gasteiger charge is -2.20. The van der Waals surface area contributed by atoms with Crippen LogP contribution in [0.15, 0.2) is 42.6 Å². The van der Waals surface area contributed by atoms with Gasteiger partial charge in [-0.2, -0.15) is 0 Å². The fourth-order valence-corrected chi connectivity index (χ4v) is 2.14. The Balaban J connectivity index is 2.09. The summed E-state index contributed by atoms with van der Waals surface area (Å²) < 4.78 is 13.2. The zero-order chi connectivity index (χ0) is 15.4. The number of rotatable bonds is 4. The molecule has 1 aromatic carbocycles. The van der Waals surface area contributed by atoms with Crippen molar-refractivity contribution >= 4 is 18.1 Å². The second-order valence-electron chi connectivity index (χ2n) is 4.67. The van der Waals surface area contributed by atoms with Gasteiger partial charge in [-0.15, -0.1) is 0 Å². The highest BCUT2D eigenvalue weighted by Crippen LogP contribution is 2.17. The number of carbonyl (C=O) groups excluding carboxylic acids is 1. The molecule has 0 saturated carbocycles. The van der Waals surface area contributed by atoms with E-state index in [1.54, 1.807) is 25.3 Å². The van der Waals surface area contributed by atoms with Crippen molar-refractivity contribution < 1.29 is 14.3 Å². The molecular formula is C15H15FN2O2S. The third kappa shape index (κ3) is 3.74. The molecule has 1 amide bonds. The number of amides is 1. The van der Waals surface area contributed by atoms with Gasteiger partial charge in [0.2, 0.25) is 0 Å². The maximum Gasteiger partial charge on any atom is 0.254 e. The van der Waals surface area contributed by atoms with Crippen LogP contribution in [0, 0.1) is 10.5 Å². The van der Waals surface area contributed by atoms with Gasteiger partial charge in [0.1, 0.15) is 10.5 Å². The average molecular weight is 306 g/mol. The summed E-state index contributed by atoms with van der Waals surface area (Å²) in [7, 11) is 0. The van der Waals surface area contributed by atoms with Crippen LogP contribution in [0.1, 0.15) is 28.9 Å². The Labute approximate surface area is 126 Å². The van der Waals surface area contributed by atoms with Gasteiger partial charge < -0.3 is 15.4 Å². The molecule has 21 heavy (non-hydrogen) atoms. The van der Waals surface area contributed by atoms with Crippen LogP contribution in [0.25, 0.3) is 0 Å². The van der Waals surface area contributed by atoms with Gasteiger partial charge in [-0.05, 0) is 36.8 Å². The third-order valence-electron chi connectivity index (χ3n) is 3.11. The maximum absolute atomic E-state index is 12.9. The highest BCUT2D eigenvalue weighted by Gasteiger charge is 2.19. The molecule has 0 aliphatic carbocycles. The number of aromatic nitrogens is 1. The quantitative estimate of drug-likeness (QED) is 0.761. The molecule has 0 unspecified atom stereocenters. The van der Waals surface area contributed by atoms with E-state index in [1.165, 1.54) is 24.3 Å². The summed E-state index contributed by atoms with van der Waals surface area (Å²) >= 11 is 5.03. The van der Waals surface area contributed by atoms with Gasteiger partial charge in [-0.1, -0.05) is 24.4 Å². The molecule has 0 spiro atoms. The maximum atomic E-state index is 12.9. The van der Waals surface area contributed by atoms with E-state index < -0.39 is 12.1 Å². The molecule has 2 rings (SSSR count). The Morgan fingerprint density at radius 3 is 2.62 bits per heavy atom. The summed E-state index contributed by atoms with van der Waals surface area (Å²) in [6.07, 6.45) is 0.700. The van der Waals surface area contributed by atoms with Crippen LogP contribution in [0.5, 0.6) is 0 Å². The molecule has 3 N–H and O–H groups in total. The van der Waals surface area contributed by atoms with Crippen molar-refractivity contribution in [3.8, 4) is 0 Å². The van der Waals surface area contributed by atoms with Crippen molar-refractivity contribution in [2.24, 2.45) is 0 Å². The van der Waals surface area contributed by atoms with Gasteiger partial charge in [-0.25, -0.2) is 4.39 Å². The van der Waals surface area contributed by atoms with E-state index in [9.17, 15) is 14.3 Å².